The lowest BCUT2D eigenvalue weighted by Crippen LogP contribution is -2.55. The highest BCUT2D eigenvalue weighted by Gasteiger charge is 2.42. The van der Waals surface area contributed by atoms with Gasteiger partial charge in [0.1, 0.15) is 11.9 Å². The van der Waals surface area contributed by atoms with Crippen LogP contribution in [0, 0.1) is 0 Å². The molecule has 2 aliphatic rings. The fourth-order valence-electron chi connectivity index (χ4n) is 3.12. The number of hydrogen-bond donors (Lipinski definition) is 1. The summed E-state index contributed by atoms with van der Waals surface area (Å²) in [4.78, 5) is 0. The molecular weight excluding hydrogens is 214 g/mol. The van der Waals surface area contributed by atoms with Crippen molar-refractivity contribution in [3.05, 3.63) is 24.2 Å². The summed E-state index contributed by atoms with van der Waals surface area (Å²) in [6.45, 7) is 3.16. The molecule has 3 nitrogen and oxygen atoms in total. The third-order valence-corrected chi connectivity index (χ3v) is 4.17. The average Bonchev–Trinajstić information content (AvgIpc) is 2.88. The second kappa shape index (κ2) is 4.46. The summed E-state index contributed by atoms with van der Waals surface area (Å²) in [5, 5.41) is 3.60. The van der Waals surface area contributed by atoms with Gasteiger partial charge in [-0.25, -0.2) is 0 Å². The van der Waals surface area contributed by atoms with Crippen LogP contribution in [0.5, 0.6) is 0 Å². The average molecular weight is 235 g/mol. The third kappa shape index (κ3) is 2.14. The van der Waals surface area contributed by atoms with E-state index in [1.807, 2.05) is 12.1 Å². The number of nitrogens with one attached hydrogen (secondary N) is 1. The molecule has 1 aromatic heterocycles. The van der Waals surface area contributed by atoms with Crippen LogP contribution in [-0.4, -0.2) is 18.2 Å². The Morgan fingerprint density at radius 1 is 1.29 bits per heavy atom. The monoisotopic (exact) mass is 235 g/mol. The van der Waals surface area contributed by atoms with Crippen molar-refractivity contribution >= 4 is 0 Å². The highest BCUT2D eigenvalue weighted by atomic mass is 16.5. The summed E-state index contributed by atoms with van der Waals surface area (Å²) in [7, 11) is 0. The van der Waals surface area contributed by atoms with E-state index in [9.17, 15) is 0 Å². The molecule has 3 heteroatoms. The molecule has 1 aliphatic heterocycles. The Kier molecular flexibility index (Phi) is 2.97. The van der Waals surface area contributed by atoms with Crippen LogP contribution in [0.25, 0.3) is 0 Å². The van der Waals surface area contributed by atoms with Crippen LogP contribution in [0.4, 0.5) is 0 Å². The van der Waals surface area contributed by atoms with Gasteiger partial charge < -0.3 is 14.5 Å². The van der Waals surface area contributed by atoms with Crippen molar-refractivity contribution in [2.45, 2.75) is 56.8 Å². The first-order valence-corrected chi connectivity index (χ1v) is 6.74. The maximum absolute atomic E-state index is 6.42. The van der Waals surface area contributed by atoms with Crippen LogP contribution >= 0.6 is 0 Å². The molecule has 0 bridgehead atoms. The fourth-order valence-corrected chi connectivity index (χ4v) is 3.12. The Morgan fingerprint density at radius 3 is 2.82 bits per heavy atom. The smallest absolute Gasteiger partial charge is 0.134 e. The van der Waals surface area contributed by atoms with Crippen molar-refractivity contribution in [1.29, 1.82) is 0 Å². The minimum atomic E-state index is 0.0578. The number of furan rings is 1. The van der Waals surface area contributed by atoms with Gasteiger partial charge >= 0.3 is 0 Å². The molecule has 94 valence electrons. The van der Waals surface area contributed by atoms with Gasteiger partial charge in [-0.1, -0.05) is 19.3 Å². The van der Waals surface area contributed by atoms with Crippen molar-refractivity contribution in [3.63, 3.8) is 0 Å². The van der Waals surface area contributed by atoms with Gasteiger partial charge in [-0.15, -0.1) is 0 Å². The molecule has 1 aromatic rings. The standard InChI is InChI=1S/C14H21NO2/c1-11-13(12-6-5-9-16-12)17-14(10-15-11)7-3-2-4-8-14/h5-6,9,11,13,15H,2-4,7-8,10H2,1H3. The van der Waals surface area contributed by atoms with E-state index in [-0.39, 0.29) is 11.7 Å². The van der Waals surface area contributed by atoms with Crippen molar-refractivity contribution in [3.8, 4) is 0 Å². The summed E-state index contributed by atoms with van der Waals surface area (Å²) in [5.41, 5.74) is 0.0578. The Hall–Kier alpha value is -0.800. The lowest BCUT2D eigenvalue weighted by atomic mass is 9.82. The van der Waals surface area contributed by atoms with E-state index in [0.29, 0.717) is 6.04 Å². The van der Waals surface area contributed by atoms with Crippen molar-refractivity contribution in [2.75, 3.05) is 6.54 Å². The van der Waals surface area contributed by atoms with Crippen LogP contribution in [-0.2, 0) is 4.74 Å². The fraction of sp³-hybridized carbons (Fsp3) is 0.714. The van der Waals surface area contributed by atoms with E-state index in [1.54, 1.807) is 6.26 Å². The van der Waals surface area contributed by atoms with Gasteiger partial charge in [-0.2, -0.15) is 0 Å². The topological polar surface area (TPSA) is 34.4 Å². The zero-order valence-electron chi connectivity index (χ0n) is 10.4. The van der Waals surface area contributed by atoms with Gasteiger partial charge in [0.05, 0.1) is 11.9 Å². The van der Waals surface area contributed by atoms with Crippen LogP contribution in [0.15, 0.2) is 22.8 Å². The van der Waals surface area contributed by atoms with Gasteiger partial charge in [-0.3, -0.25) is 0 Å². The maximum atomic E-state index is 6.42. The molecule has 17 heavy (non-hydrogen) atoms. The van der Waals surface area contributed by atoms with Crippen molar-refractivity contribution in [1.82, 2.24) is 5.32 Å². The molecule has 1 saturated heterocycles. The van der Waals surface area contributed by atoms with Crippen LogP contribution < -0.4 is 5.32 Å². The quantitative estimate of drug-likeness (QED) is 0.812. The second-order valence-electron chi connectivity index (χ2n) is 5.47. The Balaban J connectivity index is 1.79. The molecule has 3 rings (SSSR count). The molecule has 1 spiro atoms. The van der Waals surface area contributed by atoms with Crippen LogP contribution in [0.3, 0.4) is 0 Å². The third-order valence-electron chi connectivity index (χ3n) is 4.17. The molecule has 1 aliphatic carbocycles. The Bertz CT molecular complexity index is 354. The normalized spacial score (nSPS) is 32.8. The Morgan fingerprint density at radius 2 is 2.12 bits per heavy atom. The first kappa shape index (κ1) is 11.3. The van der Waals surface area contributed by atoms with Crippen LogP contribution in [0.1, 0.15) is 50.9 Å². The molecule has 0 aromatic carbocycles. The highest BCUT2D eigenvalue weighted by Crippen LogP contribution is 2.39. The summed E-state index contributed by atoms with van der Waals surface area (Å²) < 4.78 is 11.9. The molecule has 2 atom stereocenters. The largest absolute Gasteiger partial charge is 0.467 e. The predicted octanol–water partition coefficient (Wildman–Crippen LogP) is 3.03. The van der Waals surface area contributed by atoms with Gasteiger partial charge in [0.25, 0.3) is 0 Å². The lowest BCUT2D eigenvalue weighted by molar-refractivity contribution is -0.157. The van der Waals surface area contributed by atoms with E-state index < -0.39 is 0 Å². The predicted molar refractivity (Wildman–Crippen MR) is 65.8 cm³/mol. The first-order chi connectivity index (χ1) is 8.29. The number of ether oxygens (including phenoxy) is 1. The minimum absolute atomic E-state index is 0.0578. The van der Waals surface area contributed by atoms with E-state index in [1.165, 1.54) is 32.1 Å². The molecular formula is C14H21NO2. The number of morpholine rings is 1. The van der Waals surface area contributed by atoms with Gasteiger partial charge in [0.2, 0.25) is 0 Å². The zero-order chi connectivity index (χ0) is 11.7. The number of rotatable bonds is 1. The SMILES string of the molecule is CC1NCC2(CCCCC2)OC1c1ccco1. The molecule has 1 saturated carbocycles. The van der Waals surface area contributed by atoms with Gasteiger partial charge in [0, 0.05) is 12.6 Å². The molecule has 2 unspecified atom stereocenters. The van der Waals surface area contributed by atoms with E-state index in [4.69, 9.17) is 9.15 Å². The highest BCUT2D eigenvalue weighted by molar-refractivity contribution is 5.08. The summed E-state index contributed by atoms with van der Waals surface area (Å²) in [6.07, 6.45) is 8.10. The summed E-state index contributed by atoms with van der Waals surface area (Å²) in [5.74, 6) is 0.953. The maximum Gasteiger partial charge on any atom is 0.134 e. The summed E-state index contributed by atoms with van der Waals surface area (Å²) in [6, 6.07) is 4.28. The summed E-state index contributed by atoms with van der Waals surface area (Å²) >= 11 is 0. The molecule has 1 N–H and O–H groups in total. The molecule has 0 radical (unpaired) electrons. The van der Waals surface area contributed by atoms with E-state index in [0.717, 1.165) is 12.3 Å². The second-order valence-corrected chi connectivity index (χ2v) is 5.47. The van der Waals surface area contributed by atoms with Gasteiger partial charge in [0.15, 0.2) is 0 Å². The Labute approximate surface area is 103 Å². The van der Waals surface area contributed by atoms with Gasteiger partial charge in [-0.05, 0) is 31.9 Å². The molecule has 0 amide bonds. The molecule has 2 fully saturated rings. The zero-order valence-corrected chi connectivity index (χ0v) is 10.4. The lowest BCUT2D eigenvalue weighted by Gasteiger charge is -2.46. The van der Waals surface area contributed by atoms with Crippen molar-refractivity contribution < 1.29 is 9.15 Å². The van der Waals surface area contributed by atoms with Crippen LogP contribution in [0.2, 0.25) is 0 Å². The molecule has 2 heterocycles. The minimum Gasteiger partial charge on any atom is -0.467 e. The number of hydrogen-bond acceptors (Lipinski definition) is 3. The first-order valence-electron chi connectivity index (χ1n) is 6.74. The van der Waals surface area contributed by atoms with E-state index in [2.05, 4.69) is 12.2 Å². The van der Waals surface area contributed by atoms with Crippen molar-refractivity contribution in [2.24, 2.45) is 0 Å². The van der Waals surface area contributed by atoms with E-state index >= 15 is 0 Å².